The van der Waals surface area contributed by atoms with Gasteiger partial charge in [0, 0.05) is 19.8 Å². The highest BCUT2D eigenvalue weighted by molar-refractivity contribution is 7.15. The molecular weight excluding hydrogens is 306 g/mol. The smallest absolute Gasteiger partial charge is 0.274 e. The maximum Gasteiger partial charge on any atom is 0.274 e. The van der Waals surface area contributed by atoms with Crippen LogP contribution < -0.4 is 15.0 Å². The van der Waals surface area contributed by atoms with Crippen LogP contribution in [0.5, 0.6) is 0 Å². The highest BCUT2D eigenvalue weighted by Crippen LogP contribution is 2.16. The lowest BCUT2D eigenvalue weighted by atomic mass is 10.2. The molecule has 0 spiro atoms. The molecule has 0 amide bonds. The fraction of sp³-hybridized carbons (Fsp3) is 0.111. The zero-order chi connectivity index (χ0) is 16.0. The second-order valence-corrected chi connectivity index (χ2v) is 6.63. The molecule has 4 nitrogen and oxygen atoms in total. The van der Waals surface area contributed by atoms with E-state index < -0.39 is 0 Å². The van der Waals surface area contributed by atoms with Crippen molar-refractivity contribution in [3.05, 3.63) is 69.0 Å². The minimum absolute atomic E-state index is 0.00427. The van der Waals surface area contributed by atoms with Crippen molar-refractivity contribution < 1.29 is 0 Å². The van der Waals surface area contributed by atoms with Crippen LogP contribution in [0.3, 0.4) is 0 Å². The number of nitrogens with zero attached hydrogens (tertiary/aromatic N) is 3. The van der Waals surface area contributed by atoms with Gasteiger partial charge in [0.25, 0.3) is 5.56 Å². The quantitative estimate of drug-likeness (QED) is 0.569. The van der Waals surface area contributed by atoms with E-state index in [1.165, 1.54) is 11.3 Å². The van der Waals surface area contributed by atoms with Crippen LogP contribution in [0, 0.1) is 0 Å². The van der Waals surface area contributed by atoms with Crippen LogP contribution in [0.15, 0.2) is 53.3 Å². The Bertz CT molecular complexity index is 1110. The highest BCUT2D eigenvalue weighted by Gasteiger charge is 2.10. The van der Waals surface area contributed by atoms with E-state index in [1.54, 1.807) is 4.40 Å². The van der Waals surface area contributed by atoms with Crippen LogP contribution in [0.1, 0.15) is 5.56 Å². The average Bonchev–Trinajstić information content (AvgIpc) is 3.05. The number of hydrogen-bond donors (Lipinski definition) is 0. The number of anilines is 1. The van der Waals surface area contributed by atoms with E-state index in [2.05, 4.69) is 4.98 Å². The zero-order valence-corrected chi connectivity index (χ0v) is 13.7. The Morgan fingerprint density at radius 2 is 1.83 bits per heavy atom. The topological polar surface area (TPSA) is 37.6 Å². The first kappa shape index (κ1) is 14.0. The largest absolute Gasteiger partial charge is 0.378 e. The molecule has 0 bridgehead atoms. The summed E-state index contributed by atoms with van der Waals surface area (Å²) in [6, 6.07) is 15.9. The first-order chi connectivity index (χ1) is 11.1. The van der Waals surface area contributed by atoms with E-state index in [-0.39, 0.29) is 5.56 Å². The molecule has 0 aliphatic heterocycles. The Morgan fingerprint density at radius 3 is 2.57 bits per heavy atom. The average molecular weight is 321 g/mol. The Hall–Kier alpha value is -2.66. The van der Waals surface area contributed by atoms with Crippen molar-refractivity contribution in [1.29, 1.82) is 0 Å². The lowest BCUT2D eigenvalue weighted by Crippen LogP contribution is -2.22. The predicted molar refractivity (Wildman–Crippen MR) is 96.4 cm³/mol. The number of hydrogen-bond acceptors (Lipinski definition) is 4. The van der Waals surface area contributed by atoms with Crippen molar-refractivity contribution in [3.63, 3.8) is 0 Å². The summed E-state index contributed by atoms with van der Waals surface area (Å²) < 4.78 is 2.40. The van der Waals surface area contributed by atoms with Crippen molar-refractivity contribution in [2.24, 2.45) is 0 Å². The van der Waals surface area contributed by atoms with Crippen molar-refractivity contribution in [3.8, 4) is 0 Å². The zero-order valence-electron chi connectivity index (χ0n) is 12.9. The van der Waals surface area contributed by atoms with Crippen molar-refractivity contribution >= 4 is 39.1 Å². The third-order valence-electron chi connectivity index (χ3n) is 3.85. The Kier molecular flexibility index (Phi) is 3.16. The van der Waals surface area contributed by atoms with Gasteiger partial charge in [0.1, 0.15) is 0 Å². The molecule has 0 aliphatic carbocycles. The number of benzene rings is 2. The maximum absolute atomic E-state index is 12.7. The van der Waals surface area contributed by atoms with Gasteiger partial charge in [0.15, 0.2) is 4.96 Å². The molecule has 2 aromatic carbocycles. The standard InChI is InChI=1S/C18H15N3OS/c1-20(2)13-9-7-12(8-10-13)11-16-17(22)21-15-6-4-3-5-14(15)19-18(21)23-16/h3-11H,1-2H3/b16-11+. The summed E-state index contributed by atoms with van der Waals surface area (Å²) in [7, 11) is 4.02. The molecular formula is C18H15N3OS. The summed E-state index contributed by atoms with van der Waals surface area (Å²) in [5.74, 6) is 0. The fourth-order valence-corrected chi connectivity index (χ4v) is 3.62. The van der Waals surface area contributed by atoms with E-state index in [1.807, 2.05) is 73.6 Å². The number of rotatable bonds is 2. The number of thiazole rings is 1. The SMILES string of the molecule is CN(C)c1ccc(/C=c2/sc3nc4ccccc4n3c2=O)cc1. The Morgan fingerprint density at radius 1 is 1.09 bits per heavy atom. The molecule has 0 saturated carbocycles. The lowest BCUT2D eigenvalue weighted by molar-refractivity contribution is 1.13. The lowest BCUT2D eigenvalue weighted by Gasteiger charge is -2.11. The molecule has 2 heterocycles. The van der Waals surface area contributed by atoms with Crippen LogP contribution in [0.25, 0.3) is 22.1 Å². The van der Waals surface area contributed by atoms with Gasteiger partial charge in [-0.3, -0.25) is 4.79 Å². The minimum atomic E-state index is -0.00427. The molecule has 0 saturated heterocycles. The number of imidazole rings is 1. The summed E-state index contributed by atoms with van der Waals surface area (Å²) in [6.07, 6.45) is 1.93. The van der Waals surface area contributed by atoms with Crippen molar-refractivity contribution in [1.82, 2.24) is 9.38 Å². The minimum Gasteiger partial charge on any atom is -0.378 e. The van der Waals surface area contributed by atoms with Crippen LogP contribution >= 0.6 is 11.3 Å². The predicted octanol–water partition coefficient (Wildman–Crippen LogP) is 2.52. The molecule has 0 radical (unpaired) electrons. The van der Waals surface area contributed by atoms with Crippen molar-refractivity contribution in [2.75, 3.05) is 19.0 Å². The normalized spacial score (nSPS) is 12.3. The molecule has 114 valence electrons. The van der Waals surface area contributed by atoms with Crippen LogP contribution in [0.2, 0.25) is 0 Å². The van der Waals surface area contributed by atoms with Crippen LogP contribution in [0.4, 0.5) is 5.69 Å². The van der Waals surface area contributed by atoms with Crippen molar-refractivity contribution in [2.45, 2.75) is 0 Å². The monoisotopic (exact) mass is 321 g/mol. The Balaban J connectivity index is 1.88. The van der Waals surface area contributed by atoms with Gasteiger partial charge in [-0.15, -0.1) is 0 Å². The van der Waals surface area contributed by atoms with E-state index in [0.29, 0.717) is 4.53 Å². The van der Waals surface area contributed by atoms with E-state index >= 15 is 0 Å². The van der Waals surface area contributed by atoms with Crippen LogP contribution in [-0.4, -0.2) is 23.5 Å². The highest BCUT2D eigenvalue weighted by atomic mass is 32.1. The number of fused-ring (bicyclic) bond motifs is 3. The fourth-order valence-electron chi connectivity index (χ4n) is 2.63. The summed E-state index contributed by atoms with van der Waals surface area (Å²) in [6.45, 7) is 0. The van der Waals surface area contributed by atoms with Gasteiger partial charge in [0.2, 0.25) is 0 Å². The van der Waals surface area contributed by atoms with Gasteiger partial charge in [0.05, 0.1) is 15.6 Å². The summed E-state index contributed by atoms with van der Waals surface area (Å²) in [4.78, 5) is 20.0. The molecule has 0 aliphatic rings. The summed E-state index contributed by atoms with van der Waals surface area (Å²) in [5.41, 5.74) is 3.87. The first-order valence-electron chi connectivity index (χ1n) is 7.32. The molecule has 4 aromatic rings. The molecule has 0 N–H and O–H groups in total. The van der Waals surface area contributed by atoms with Gasteiger partial charge in [-0.2, -0.15) is 0 Å². The molecule has 5 heteroatoms. The summed E-state index contributed by atoms with van der Waals surface area (Å²) >= 11 is 1.43. The van der Waals surface area contributed by atoms with E-state index in [4.69, 9.17) is 0 Å². The summed E-state index contributed by atoms with van der Waals surface area (Å²) in [5, 5.41) is 0. The molecule has 23 heavy (non-hydrogen) atoms. The molecule has 0 atom stereocenters. The Labute approximate surface area is 136 Å². The van der Waals surface area contributed by atoms with Gasteiger partial charge >= 0.3 is 0 Å². The third kappa shape index (κ3) is 2.29. The maximum atomic E-state index is 12.7. The molecule has 0 fully saturated rings. The van der Waals surface area contributed by atoms with E-state index in [0.717, 1.165) is 27.2 Å². The number of para-hydroxylation sites is 2. The molecule has 2 aromatic heterocycles. The van der Waals surface area contributed by atoms with Gasteiger partial charge in [-0.25, -0.2) is 9.38 Å². The first-order valence-corrected chi connectivity index (χ1v) is 8.14. The molecule has 0 unspecified atom stereocenters. The van der Waals surface area contributed by atoms with Gasteiger partial charge in [-0.1, -0.05) is 35.6 Å². The van der Waals surface area contributed by atoms with E-state index in [9.17, 15) is 4.79 Å². The third-order valence-corrected chi connectivity index (χ3v) is 4.82. The van der Waals surface area contributed by atoms with Gasteiger partial charge < -0.3 is 4.90 Å². The number of aromatic nitrogens is 2. The second kappa shape index (κ2) is 5.21. The molecule has 4 rings (SSSR count). The van der Waals surface area contributed by atoms with Gasteiger partial charge in [-0.05, 0) is 35.9 Å². The second-order valence-electron chi connectivity index (χ2n) is 5.62. The van der Waals surface area contributed by atoms with Crippen LogP contribution in [-0.2, 0) is 0 Å².